The van der Waals surface area contributed by atoms with Crippen molar-refractivity contribution in [1.29, 1.82) is 0 Å². The highest BCUT2D eigenvalue weighted by atomic mass is 14.3. The zero-order valence-electron chi connectivity index (χ0n) is 11.3. The second-order valence-electron chi connectivity index (χ2n) is 5.93. The Morgan fingerprint density at radius 1 is 1.06 bits per heavy atom. The number of fused-ring (bicyclic) bond motifs is 1. The molecule has 0 nitrogen and oxygen atoms in total. The van der Waals surface area contributed by atoms with Gasteiger partial charge in [0.25, 0.3) is 0 Å². The van der Waals surface area contributed by atoms with Crippen LogP contribution >= 0.6 is 0 Å². The Kier molecular flexibility index (Phi) is 3.10. The summed E-state index contributed by atoms with van der Waals surface area (Å²) in [6.45, 7) is 11.6. The Morgan fingerprint density at radius 3 is 2.31 bits per heavy atom. The van der Waals surface area contributed by atoms with Gasteiger partial charge in [0.15, 0.2) is 0 Å². The average Bonchev–Trinajstić information content (AvgIpc) is 2.59. The number of benzene rings is 1. The normalized spacial score (nSPS) is 19.6. The molecule has 0 saturated heterocycles. The summed E-state index contributed by atoms with van der Waals surface area (Å²) in [5.74, 6) is 2.08. The molecular formula is C16H24. The lowest BCUT2D eigenvalue weighted by Crippen LogP contribution is -2.00. The predicted molar refractivity (Wildman–Crippen MR) is 71.4 cm³/mol. The van der Waals surface area contributed by atoms with E-state index in [1.807, 2.05) is 0 Å². The summed E-state index contributed by atoms with van der Waals surface area (Å²) < 4.78 is 0. The maximum absolute atomic E-state index is 2.46. The molecule has 0 heterocycles. The SMILES string of the molecule is CC(C)c1cc(C(C)C)c2c(c1)C(C)CC2. The molecule has 1 aromatic rings. The van der Waals surface area contributed by atoms with Gasteiger partial charge in [0.2, 0.25) is 0 Å². The molecule has 1 atom stereocenters. The molecule has 0 aliphatic heterocycles. The van der Waals surface area contributed by atoms with Gasteiger partial charge < -0.3 is 0 Å². The van der Waals surface area contributed by atoms with Crippen LogP contribution in [0, 0.1) is 0 Å². The molecule has 88 valence electrons. The topological polar surface area (TPSA) is 0 Å². The molecule has 1 aromatic carbocycles. The van der Waals surface area contributed by atoms with Crippen LogP contribution in [0.25, 0.3) is 0 Å². The van der Waals surface area contributed by atoms with E-state index in [2.05, 4.69) is 46.8 Å². The van der Waals surface area contributed by atoms with Gasteiger partial charge in [0.05, 0.1) is 0 Å². The van der Waals surface area contributed by atoms with Gasteiger partial charge in [-0.25, -0.2) is 0 Å². The third-order valence-corrected chi connectivity index (χ3v) is 3.99. The van der Waals surface area contributed by atoms with Crippen molar-refractivity contribution in [2.75, 3.05) is 0 Å². The highest BCUT2D eigenvalue weighted by Gasteiger charge is 2.23. The summed E-state index contributed by atoms with van der Waals surface area (Å²) in [5.41, 5.74) is 6.42. The van der Waals surface area contributed by atoms with E-state index in [4.69, 9.17) is 0 Å². The van der Waals surface area contributed by atoms with Crippen molar-refractivity contribution in [1.82, 2.24) is 0 Å². The molecule has 0 amide bonds. The van der Waals surface area contributed by atoms with E-state index >= 15 is 0 Å². The highest BCUT2D eigenvalue weighted by Crippen LogP contribution is 2.39. The van der Waals surface area contributed by atoms with Crippen LogP contribution in [0.5, 0.6) is 0 Å². The summed E-state index contributed by atoms with van der Waals surface area (Å²) in [6, 6.07) is 4.91. The summed E-state index contributed by atoms with van der Waals surface area (Å²) >= 11 is 0. The van der Waals surface area contributed by atoms with Crippen LogP contribution in [0.2, 0.25) is 0 Å². The molecule has 0 radical (unpaired) electrons. The van der Waals surface area contributed by atoms with E-state index in [-0.39, 0.29) is 0 Å². The van der Waals surface area contributed by atoms with Gasteiger partial charge >= 0.3 is 0 Å². The lowest BCUT2D eigenvalue weighted by Gasteiger charge is -2.17. The van der Waals surface area contributed by atoms with Crippen LogP contribution in [0.4, 0.5) is 0 Å². The Morgan fingerprint density at radius 2 is 1.75 bits per heavy atom. The van der Waals surface area contributed by atoms with Crippen LogP contribution in [-0.4, -0.2) is 0 Å². The van der Waals surface area contributed by atoms with Gasteiger partial charge in [-0.2, -0.15) is 0 Å². The average molecular weight is 216 g/mol. The summed E-state index contributed by atoms with van der Waals surface area (Å²) in [4.78, 5) is 0. The van der Waals surface area contributed by atoms with Crippen LogP contribution in [0.15, 0.2) is 12.1 Å². The van der Waals surface area contributed by atoms with E-state index in [1.165, 1.54) is 18.4 Å². The van der Waals surface area contributed by atoms with Crippen molar-refractivity contribution in [3.8, 4) is 0 Å². The van der Waals surface area contributed by atoms with Crippen molar-refractivity contribution in [2.45, 2.75) is 65.2 Å². The molecule has 0 aromatic heterocycles. The lowest BCUT2D eigenvalue weighted by molar-refractivity contribution is 0.744. The standard InChI is InChI=1S/C16H24/c1-10(2)13-8-15(11(3)4)14-7-6-12(5)16(14)9-13/h8-12H,6-7H2,1-5H3. The molecule has 0 N–H and O–H groups in total. The summed E-state index contributed by atoms with van der Waals surface area (Å²) in [7, 11) is 0. The first-order valence-electron chi connectivity index (χ1n) is 6.67. The fraction of sp³-hybridized carbons (Fsp3) is 0.625. The fourth-order valence-corrected chi connectivity index (χ4v) is 2.83. The largest absolute Gasteiger partial charge is 0.0587 e. The van der Waals surface area contributed by atoms with Crippen molar-refractivity contribution in [3.63, 3.8) is 0 Å². The molecule has 16 heavy (non-hydrogen) atoms. The van der Waals surface area contributed by atoms with Crippen molar-refractivity contribution < 1.29 is 0 Å². The van der Waals surface area contributed by atoms with Gasteiger partial charge in [-0.05, 0) is 52.8 Å². The third-order valence-electron chi connectivity index (χ3n) is 3.99. The van der Waals surface area contributed by atoms with Gasteiger partial charge in [-0.3, -0.25) is 0 Å². The molecule has 0 bridgehead atoms. The molecule has 1 aliphatic carbocycles. The molecular weight excluding hydrogens is 192 g/mol. The number of rotatable bonds is 2. The quantitative estimate of drug-likeness (QED) is 0.654. The maximum atomic E-state index is 2.46. The summed E-state index contributed by atoms with van der Waals surface area (Å²) in [5, 5.41) is 0. The minimum atomic E-state index is 0.649. The van der Waals surface area contributed by atoms with Crippen LogP contribution < -0.4 is 0 Å². The Hall–Kier alpha value is -0.780. The monoisotopic (exact) mass is 216 g/mol. The van der Waals surface area contributed by atoms with E-state index < -0.39 is 0 Å². The molecule has 1 unspecified atom stereocenters. The number of hydrogen-bond donors (Lipinski definition) is 0. The minimum absolute atomic E-state index is 0.649. The van der Waals surface area contributed by atoms with Gasteiger partial charge in [0.1, 0.15) is 0 Å². The smallest absolute Gasteiger partial charge is 0.0184 e. The van der Waals surface area contributed by atoms with Gasteiger partial charge in [-0.1, -0.05) is 46.8 Å². The highest BCUT2D eigenvalue weighted by molar-refractivity contribution is 5.46. The summed E-state index contributed by atoms with van der Waals surface area (Å²) in [6.07, 6.45) is 2.64. The van der Waals surface area contributed by atoms with Gasteiger partial charge in [-0.15, -0.1) is 0 Å². The first-order valence-corrected chi connectivity index (χ1v) is 6.67. The Balaban J connectivity index is 2.57. The maximum Gasteiger partial charge on any atom is -0.0184 e. The molecule has 0 fully saturated rings. The fourth-order valence-electron chi connectivity index (χ4n) is 2.83. The van der Waals surface area contributed by atoms with Crippen molar-refractivity contribution in [3.05, 3.63) is 34.4 Å². The van der Waals surface area contributed by atoms with E-state index in [9.17, 15) is 0 Å². The molecule has 1 aliphatic rings. The molecule has 2 rings (SSSR count). The predicted octanol–water partition coefficient (Wildman–Crippen LogP) is 4.98. The number of hydrogen-bond acceptors (Lipinski definition) is 0. The van der Waals surface area contributed by atoms with E-state index in [0.717, 1.165) is 5.92 Å². The third kappa shape index (κ3) is 1.90. The second-order valence-corrected chi connectivity index (χ2v) is 5.93. The van der Waals surface area contributed by atoms with Crippen LogP contribution in [0.1, 0.15) is 81.0 Å². The Bertz CT molecular complexity index is 385. The first-order chi connectivity index (χ1) is 7.50. The lowest BCUT2D eigenvalue weighted by atomic mass is 9.88. The first kappa shape index (κ1) is 11.7. The van der Waals surface area contributed by atoms with Crippen LogP contribution in [0.3, 0.4) is 0 Å². The van der Waals surface area contributed by atoms with E-state index in [1.54, 1.807) is 16.7 Å². The molecule has 0 saturated carbocycles. The van der Waals surface area contributed by atoms with Crippen molar-refractivity contribution in [2.24, 2.45) is 0 Å². The minimum Gasteiger partial charge on any atom is -0.0587 e. The zero-order chi connectivity index (χ0) is 11.9. The molecule has 0 spiro atoms. The van der Waals surface area contributed by atoms with E-state index in [0.29, 0.717) is 11.8 Å². The zero-order valence-corrected chi connectivity index (χ0v) is 11.3. The van der Waals surface area contributed by atoms with Crippen LogP contribution in [-0.2, 0) is 6.42 Å². The Labute approximate surface area is 100 Å². The van der Waals surface area contributed by atoms with Gasteiger partial charge in [0, 0.05) is 0 Å². The van der Waals surface area contributed by atoms with Crippen molar-refractivity contribution >= 4 is 0 Å². The second kappa shape index (κ2) is 4.24. The molecule has 0 heteroatoms.